The second-order valence-electron chi connectivity index (χ2n) is 5.15. The quantitative estimate of drug-likeness (QED) is 0.781. The highest BCUT2D eigenvalue weighted by Crippen LogP contribution is 2.29. The van der Waals surface area contributed by atoms with Crippen molar-refractivity contribution in [2.24, 2.45) is 0 Å². The molecule has 0 aliphatic rings. The van der Waals surface area contributed by atoms with Gasteiger partial charge in [0.2, 0.25) is 0 Å². The molecule has 0 amide bonds. The molecule has 1 aromatic rings. The Morgan fingerprint density at radius 1 is 1.16 bits per heavy atom. The third-order valence-corrected chi connectivity index (χ3v) is 3.01. The molecular formula is C16H27NO2. The third kappa shape index (κ3) is 5.52. The molecule has 0 heterocycles. The molecule has 0 fully saturated rings. The summed E-state index contributed by atoms with van der Waals surface area (Å²) < 4.78 is 11.1. The fourth-order valence-corrected chi connectivity index (χ4v) is 2.05. The molecular weight excluding hydrogens is 238 g/mol. The van der Waals surface area contributed by atoms with Crippen LogP contribution in [0.25, 0.3) is 0 Å². The topological polar surface area (TPSA) is 30.5 Å². The van der Waals surface area contributed by atoms with Gasteiger partial charge in [0.25, 0.3) is 0 Å². The summed E-state index contributed by atoms with van der Waals surface area (Å²) >= 11 is 0. The van der Waals surface area contributed by atoms with Crippen molar-refractivity contribution >= 4 is 0 Å². The van der Waals surface area contributed by atoms with Gasteiger partial charge >= 0.3 is 0 Å². The molecule has 3 nitrogen and oxygen atoms in total. The van der Waals surface area contributed by atoms with Gasteiger partial charge in [0.05, 0.1) is 13.2 Å². The lowest BCUT2D eigenvalue weighted by molar-refractivity contribution is 0.230. The maximum absolute atomic E-state index is 5.72. The van der Waals surface area contributed by atoms with Crippen LogP contribution >= 0.6 is 0 Å². The number of rotatable bonds is 8. The SMILES string of the molecule is CCNC(C)CCc1ccc(OC(C)C)c(OC)c1. The minimum Gasteiger partial charge on any atom is -0.493 e. The highest BCUT2D eigenvalue weighted by atomic mass is 16.5. The van der Waals surface area contributed by atoms with Crippen molar-refractivity contribution in [1.82, 2.24) is 5.32 Å². The van der Waals surface area contributed by atoms with E-state index in [1.807, 2.05) is 19.9 Å². The van der Waals surface area contributed by atoms with Gasteiger partial charge in [0, 0.05) is 6.04 Å². The molecule has 1 aromatic carbocycles. The van der Waals surface area contributed by atoms with Crippen molar-refractivity contribution in [3.05, 3.63) is 23.8 Å². The third-order valence-electron chi connectivity index (χ3n) is 3.01. The lowest BCUT2D eigenvalue weighted by Gasteiger charge is -2.15. The molecule has 0 bridgehead atoms. The van der Waals surface area contributed by atoms with Crippen molar-refractivity contribution in [2.75, 3.05) is 13.7 Å². The Morgan fingerprint density at radius 3 is 2.47 bits per heavy atom. The minimum atomic E-state index is 0.161. The Morgan fingerprint density at radius 2 is 1.89 bits per heavy atom. The Labute approximate surface area is 117 Å². The summed E-state index contributed by atoms with van der Waals surface area (Å²) in [6.07, 6.45) is 2.34. The van der Waals surface area contributed by atoms with E-state index in [4.69, 9.17) is 9.47 Å². The lowest BCUT2D eigenvalue weighted by Crippen LogP contribution is -2.25. The van der Waals surface area contributed by atoms with E-state index in [0.29, 0.717) is 6.04 Å². The number of nitrogens with one attached hydrogen (secondary N) is 1. The van der Waals surface area contributed by atoms with Crippen molar-refractivity contribution in [3.8, 4) is 11.5 Å². The lowest BCUT2D eigenvalue weighted by atomic mass is 10.1. The zero-order valence-electron chi connectivity index (χ0n) is 12.8. The van der Waals surface area contributed by atoms with Crippen LogP contribution in [0, 0.1) is 0 Å². The number of hydrogen-bond donors (Lipinski definition) is 1. The Bertz CT molecular complexity index is 377. The van der Waals surface area contributed by atoms with Gasteiger partial charge in [-0.05, 0) is 57.9 Å². The van der Waals surface area contributed by atoms with Gasteiger partial charge in [-0.25, -0.2) is 0 Å². The second kappa shape index (κ2) is 8.05. The summed E-state index contributed by atoms with van der Waals surface area (Å²) in [5, 5.41) is 3.43. The van der Waals surface area contributed by atoms with Gasteiger partial charge in [-0.2, -0.15) is 0 Å². The van der Waals surface area contributed by atoms with Crippen LogP contribution in [0.2, 0.25) is 0 Å². The smallest absolute Gasteiger partial charge is 0.161 e. The summed E-state index contributed by atoms with van der Waals surface area (Å²) in [4.78, 5) is 0. The number of hydrogen-bond acceptors (Lipinski definition) is 3. The highest BCUT2D eigenvalue weighted by Gasteiger charge is 2.08. The predicted octanol–water partition coefficient (Wildman–Crippen LogP) is 3.41. The Hall–Kier alpha value is -1.22. The standard InChI is InChI=1S/C16H27NO2/c1-6-17-13(4)7-8-14-9-10-15(19-12(2)3)16(11-14)18-5/h9-13,17H,6-8H2,1-5H3. The molecule has 0 radical (unpaired) electrons. The van der Waals surface area contributed by atoms with E-state index < -0.39 is 0 Å². The Balaban J connectivity index is 2.65. The average molecular weight is 265 g/mol. The number of benzene rings is 1. The van der Waals surface area contributed by atoms with Crippen LogP contribution in [0.5, 0.6) is 11.5 Å². The largest absolute Gasteiger partial charge is 0.493 e. The van der Waals surface area contributed by atoms with E-state index in [-0.39, 0.29) is 6.10 Å². The summed E-state index contributed by atoms with van der Waals surface area (Å²) in [7, 11) is 1.69. The van der Waals surface area contributed by atoms with Gasteiger partial charge in [-0.1, -0.05) is 13.0 Å². The van der Waals surface area contributed by atoms with Gasteiger partial charge in [0.1, 0.15) is 0 Å². The van der Waals surface area contributed by atoms with Crippen molar-refractivity contribution in [3.63, 3.8) is 0 Å². The maximum Gasteiger partial charge on any atom is 0.161 e. The number of methoxy groups -OCH3 is 1. The van der Waals surface area contributed by atoms with Crippen LogP contribution in [0.4, 0.5) is 0 Å². The van der Waals surface area contributed by atoms with E-state index in [0.717, 1.165) is 30.9 Å². The molecule has 1 unspecified atom stereocenters. The fourth-order valence-electron chi connectivity index (χ4n) is 2.05. The monoisotopic (exact) mass is 265 g/mol. The van der Waals surface area contributed by atoms with Crippen LogP contribution in [-0.2, 0) is 6.42 Å². The van der Waals surface area contributed by atoms with Crippen LogP contribution in [-0.4, -0.2) is 25.8 Å². The molecule has 1 rings (SSSR count). The number of aryl methyl sites for hydroxylation is 1. The molecule has 0 spiro atoms. The van der Waals surface area contributed by atoms with E-state index in [1.165, 1.54) is 5.56 Å². The Kier molecular flexibility index (Phi) is 6.71. The molecule has 0 aromatic heterocycles. The van der Waals surface area contributed by atoms with E-state index in [9.17, 15) is 0 Å². The van der Waals surface area contributed by atoms with Crippen molar-refractivity contribution in [1.29, 1.82) is 0 Å². The molecule has 3 heteroatoms. The van der Waals surface area contributed by atoms with Crippen LogP contribution in [0.1, 0.15) is 39.7 Å². The molecule has 0 saturated carbocycles. The first-order valence-electron chi connectivity index (χ1n) is 7.13. The molecule has 1 atom stereocenters. The summed E-state index contributed by atoms with van der Waals surface area (Å²) in [5.74, 6) is 1.64. The molecule has 0 saturated heterocycles. The number of ether oxygens (including phenoxy) is 2. The van der Waals surface area contributed by atoms with Gasteiger partial charge in [-0.3, -0.25) is 0 Å². The van der Waals surface area contributed by atoms with Gasteiger partial charge in [-0.15, -0.1) is 0 Å². The fraction of sp³-hybridized carbons (Fsp3) is 0.625. The normalized spacial score (nSPS) is 12.5. The van der Waals surface area contributed by atoms with E-state index >= 15 is 0 Å². The van der Waals surface area contributed by atoms with Crippen LogP contribution in [0.3, 0.4) is 0 Å². The zero-order valence-corrected chi connectivity index (χ0v) is 12.8. The maximum atomic E-state index is 5.72. The van der Waals surface area contributed by atoms with Gasteiger partial charge in [0.15, 0.2) is 11.5 Å². The van der Waals surface area contributed by atoms with E-state index in [2.05, 4.69) is 31.3 Å². The minimum absolute atomic E-state index is 0.161. The zero-order chi connectivity index (χ0) is 14.3. The summed E-state index contributed by atoms with van der Waals surface area (Å²) in [5.41, 5.74) is 1.29. The van der Waals surface area contributed by atoms with E-state index in [1.54, 1.807) is 7.11 Å². The molecule has 0 aliphatic carbocycles. The summed E-state index contributed by atoms with van der Waals surface area (Å²) in [6, 6.07) is 6.75. The average Bonchev–Trinajstić information content (AvgIpc) is 2.37. The molecule has 19 heavy (non-hydrogen) atoms. The summed E-state index contributed by atoms with van der Waals surface area (Å²) in [6.45, 7) is 9.41. The second-order valence-corrected chi connectivity index (χ2v) is 5.15. The highest BCUT2D eigenvalue weighted by molar-refractivity contribution is 5.43. The van der Waals surface area contributed by atoms with Gasteiger partial charge < -0.3 is 14.8 Å². The predicted molar refractivity (Wildman–Crippen MR) is 80.2 cm³/mol. The molecule has 108 valence electrons. The first kappa shape index (κ1) is 15.8. The molecule has 0 aliphatic heterocycles. The van der Waals surface area contributed by atoms with Crippen LogP contribution < -0.4 is 14.8 Å². The van der Waals surface area contributed by atoms with Crippen LogP contribution in [0.15, 0.2) is 18.2 Å². The first-order valence-corrected chi connectivity index (χ1v) is 7.13. The van der Waals surface area contributed by atoms with Crippen molar-refractivity contribution < 1.29 is 9.47 Å². The molecule has 1 N–H and O–H groups in total. The van der Waals surface area contributed by atoms with Crippen molar-refractivity contribution in [2.45, 2.75) is 52.7 Å². The first-order chi connectivity index (χ1) is 9.06.